The fourth-order valence-electron chi connectivity index (χ4n) is 5.93. The molecule has 1 saturated carbocycles. The third-order valence-electron chi connectivity index (χ3n) is 7.53. The van der Waals surface area contributed by atoms with E-state index in [1.807, 2.05) is 4.57 Å². The lowest BCUT2D eigenvalue weighted by Gasteiger charge is -2.44. The summed E-state index contributed by atoms with van der Waals surface area (Å²) in [7, 11) is 0. The van der Waals surface area contributed by atoms with Crippen LogP contribution >= 0.6 is 11.3 Å². The average molecular weight is 429 g/mol. The van der Waals surface area contributed by atoms with Crippen LogP contribution in [0.15, 0.2) is 11.1 Å². The van der Waals surface area contributed by atoms with Crippen LogP contribution in [0.4, 0.5) is 0 Å². The Kier molecular flexibility index (Phi) is 6.00. The minimum Gasteiger partial charge on any atom is -0.298 e. The molecule has 0 aromatic carbocycles. The molecule has 0 amide bonds. The number of aromatic nitrogens is 2. The number of aryl methyl sites for hydroxylation is 1. The monoisotopic (exact) mass is 428 g/mol. The van der Waals surface area contributed by atoms with Gasteiger partial charge in [-0.3, -0.25) is 19.2 Å². The molecule has 2 aromatic rings. The summed E-state index contributed by atoms with van der Waals surface area (Å²) in [5.41, 5.74) is 1.48. The van der Waals surface area contributed by atoms with Crippen molar-refractivity contribution in [2.45, 2.75) is 83.8 Å². The first-order valence-corrected chi connectivity index (χ1v) is 12.9. The Hall–Kier alpha value is -1.24. The molecule has 1 aliphatic heterocycles. The molecule has 0 spiro atoms. The van der Waals surface area contributed by atoms with Crippen LogP contribution in [0, 0.1) is 5.92 Å². The Bertz CT molecular complexity index is 935. The van der Waals surface area contributed by atoms with Gasteiger partial charge in [-0.1, -0.05) is 33.1 Å². The van der Waals surface area contributed by atoms with Crippen molar-refractivity contribution >= 4 is 21.6 Å². The maximum absolute atomic E-state index is 13.1. The van der Waals surface area contributed by atoms with Gasteiger partial charge in [-0.15, -0.1) is 11.3 Å². The zero-order valence-electron chi connectivity index (χ0n) is 18.6. The summed E-state index contributed by atoms with van der Waals surface area (Å²) in [4.78, 5) is 25.6. The van der Waals surface area contributed by atoms with Gasteiger partial charge in [-0.25, -0.2) is 4.98 Å². The van der Waals surface area contributed by atoms with E-state index in [9.17, 15) is 4.79 Å². The van der Waals surface area contributed by atoms with Gasteiger partial charge >= 0.3 is 0 Å². The SMILES string of the molecule is CC(C)Cn1cnc2sc3c(c2c1=O)CCC(N1CCN(C2CCCCC2)CC1)C3. The highest BCUT2D eigenvalue weighted by atomic mass is 32.1. The van der Waals surface area contributed by atoms with E-state index in [1.165, 1.54) is 75.1 Å². The van der Waals surface area contributed by atoms with Crippen molar-refractivity contribution in [1.29, 1.82) is 0 Å². The maximum atomic E-state index is 13.1. The molecule has 0 bridgehead atoms. The molecule has 2 aromatic heterocycles. The van der Waals surface area contributed by atoms with Crippen molar-refractivity contribution < 1.29 is 0 Å². The molecular formula is C24H36N4OS. The quantitative estimate of drug-likeness (QED) is 0.740. The second kappa shape index (κ2) is 8.71. The summed E-state index contributed by atoms with van der Waals surface area (Å²) in [6, 6.07) is 1.48. The molecule has 3 aliphatic rings. The second-order valence-electron chi connectivity index (χ2n) is 10.0. The first-order valence-electron chi connectivity index (χ1n) is 12.1. The van der Waals surface area contributed by atoms with Crippen LogP contribution in [-0.2, 0) is 19.4 Å². The number of thiophene rings is 1. The Labute approximate surface area is 184 Å². The van der Waals surface area contributed by atoms with Crippen molar-refractivity contribution in [2.75, 3.05) is 26.2 Å². The lowest BCUT2D eigenvalue weighted by Crippen LogP contribution is -2.54. The molecule has 1 atom stereocenters. The van der Waals surface area contributed by atoms with Crippen LogP contribution in [0.1, 0.15) is 62.8 Å². The number of piperazine rings is 1. The Morgan fingerprint density at radius 2 is 1.73 bits per heavy atom. The Balaban J connectivity index is 1.28. The molecule has 164 valence electrons. The van der Waals surface area contributed by atoms with E-state index in [4.69, 9.17) is 0 Å². The third kappa shape index (κ3) is 3.98. The lowest BCUT2D eigenvalue weighted by atomic mass is 9.91. The van der Waals surface area contributed by atoms with Gasteiger partial charge in [-0.05, 0) is 43.6 Å². The predicted octanol–water partition coefficient (Wildman–Crippen LogP) is 3.92. The van der Waals surface area contributed by atoms with Crippen molar-refractivity contribution in [3.05, 3.63) is 27.1 Å². The fourth-order valence-corrected chi connectivity index (χ4v) is 7.18. The number of nitrogens with zero attached hydrogens (tertiary/aromatic N) is 4. The number of fused-ring (bicyclic) bond motifs is 3. The molecule has 2 aliphatic carbocycles. The number of hydrogen-bond donors (Lipinski definition) is 0. The molecule has 5 nitrogen and oxygen atoms in total. The van der Waals surface area contributed by atoms with Gasteiger partial charge in [0.1, 0.15) is 4.83 Å². The van der Waals surface area contributed by atoms with Crippen molar-refractivity contribution in [3.8, 4) is 0 Å². The average Bonchev–Trinajstić information content (AvgIpc) is 3.15. The topological polar surface area (TPSA) is 41.4 Å². The summed E-state index contributed by atoms with van der Waals surface area (Å²) in [6.45, 7) is 9.95. The standard InChI is InChI=1S/C24H36N4OS/c1-17(2)15-28-16-25-23-22(24(28)29)20-9-8-19(14-21(20)30-23)27-12-10-26(11-13-27)18-6-4-3-5-7-18/h16-19H,3-15H2,1-2H3. The third-order valence-corrected chi connectivity index (χ3v) is 8.69. The van der Waals surface area contributed by atoms with Gasteiger partial charge in [0, 0.05) is 49.7 Å². The van der Waals surface area contributed by atoms with Crippen molar-refractivity contribution in [1.82, 2.24) is 19.4 Å². The van der Waals surface area contributed by atoms with E-state index in [2.05, 4.69) is 28.6 Å². The summed E-state index contributed by atoms with van der Waals surface area (Å²) in [5.74, 6) is 0.452. The van der Waals surface area contributed by atoms with Crippen LogP contribution in [0.5, 0.6) is 0 Å². The van der Waals surface area contributed by atoms with Crippen LogP contribution in [0.2, 0.25) is 0 Å². The molecule has 1 unspecified atom stereocenters. The highest BCUT2D eigenvalue weighted by Gasteiger charge is 2.32. The Morgan fingerprint density at radius 3 is 2.43 bits per heavy atom. The number of rotatable bonds is 4. The van der Waals surface area contributed by atoms with E-state index in [-0.39, 0.29) is 5.56 Å². The zero-order chi connectivity index (χ0) is 20.7. The molecule has 2 fully saturated rings. The molecule has 1 saturated heterocycles. The molecule has 5 rings (SSSR count). The van der Waals surface area contributed by atoms with Gasteiger partial charge in [0.15, 0.2) is 0 Å². The van der Waals surface area contributed by atoms with E-state index in [0.717, 1.165) is 35.6 Å². The highest BCUT2D eigenvalue weighted by Crippen LogP contribution is 2.35. The molecule has 30 heavy (non-hydrogen) atoms. The smallest absolute Gasteiger partial charge is 0.262 e. The summed E-state index contributed by atoms with van der Waals surface area (Å²) in [6.07, 6.45) is 12.2. The lowest BCUT2D eigenvalue weighted by molar-refractivity contribution is 0.0531. The fraction of sp³-hybridized carbons (Fsp3) is 0.750. The highest BCUT2D eigenvalue weighted by molar-refractivity contribution is 7.18. The van der Waals surface area contributed by atoms with Crippen LogP contribution in [-0.4, -0.2) is 57.6 Å². The molecular weight excluding hydrogens is 392 g/mol. The summed E-state index contributed by atoms with van der Waals surface area (Å²) >= 11 is 1.77. The molecule has 0 radical (unpaired) electrons. The normalized spacial score (nSPS) is 24.6. The molecule has 3 heterocycles. The summed E-state index contributed by atoms with van der Waals surface area (Å²) in [5, 5.41) is 0.915. The zero-order valence-corrected chi connectivity index (χ0v) is 19.4. The molecule has 0 N–H and O–H groups in total. The largest absolute Gasteiger partial charge is 0.298 e. The van der Waals surface area contributed by atoms with Crippen LogP contribution in [0.25, 0.3) is 10.2 Å². The molecule has 6 heteroatoms. The van der Waals surface area contributed by atoms with E-state index in [1.54, 1.807) is 17.7 Å². The first-order chi connectivity index (χ1) is 14.6. The minimum atomic E-state index is 0.172. The first kappa shape index (κ1) is 20.7. The van der Waals surface area contributed by atoms with Gasteiger partial charge in [-0.2, -0.15) is 0 Å². The second-order valence-corrected chi connectivity index (χ2v) is 11.1. The minimum absolute atomic E-state index is 0.172. The van der Waals surface area contributed by atoms with Crippen LogP contribution in [0.3, 0.4) is 0 Å². The predicted molar refractivity (Wildman–Crippen MR) is 125 cm³/mol. The van der Waals surface area contributed by atoms with Crippen molar-refractivity contribution in [2.24, 2.45) is 5.92 Å². The van der Waals surface area contributed by atoms with Crippen molar-refractivity contribution in [3.63, 3.8) is 0 Å². The van der Waals surface area contributed by atoms with E-state index in [0.29, 0.717) is 12.0 Å². The van der Waals surface area contributed by atoms with Gasteiger partial charge < -0.3 is 0 Å². The van der Waals surface area contributed by atoms with Gasteiger partial charge in [0.25, 0.3) is 5.56 Å². The number of hydrogen-bond acceptors (Lipinski definition) is 5. The van der Waals surface area contributed by atoms with Crippen LogP contribution < -0.4 is 5.56 Å². The van der Waals surface area contributed by atoms with E-state index < -0.39 is 0 Å². The van der Waals surface area contributed by atoms with Gasteiger partial charge in [0.2, 0.25) is 0 Å². The van der Waals surface area contributed by atoms with Gasteiger partial charge in [0.05, 0.1) is 11.7 Å². The Morgan fingerprint density at radius 1 is 1.03 bits per heavy atom. The van der Waals surface area contributed by atoms with E-state index >= 15 is 0 Å². The summed E-state index contributed by atoms with van der Waals surface area (Å²) < 4.78 is 1.82. The maximum Gasteiger partial charge on any atom is 0.262 e.